The number of hydrogen-bond acceptors (Lipinski definition) is 4. The third-order valence-corrected chi connectivity index (χ3v) is 12.4. The third-order valence-electron chi connectivity index (χ3n) is 12.4. The number of nitrogens with zero attached hydrogens (tertiary/aromatic N) is 4. The maximum absolute atomic E-state index is 14.4. The van der Waals surface area contributed by atoms with Gasteiger partial charge in [0.15, 0.2) is 0 Å². The Bertz CT molecular complexity index is 3160. The normalized spacial score (nSPS) is 13.0. The van der Waals surface area contributed by atoms with Crippen LogP contribution in [0.5, 0.6) is 11.5 Å². The molecule has 0 fully saturated rings. The number of rotatable bonds is 7. The molecule has 63 heavy (non-hydrogen) atoms. The number of aryl methyl sites for hydroxylation is 1. The Balaban J connectivity index is 1.03. The molecule has 0 amide bonds. The Kier molecular flexibility index (Phi) is 9.71. The lowest BCUT2D eigenvalue weighted by Crippen LogP contribution is -2.25. The standard InChI is InChI=1S/C57H51FN4O/c1-37-27-55(59-35-50(37)38-15-9-8-10-16-38)62-51-26-23-40(39-17-13-18-43(58)28-39)29-49(51)48-25-24-47(34-54(48)62)63-46-20-14-19-44(33-46)60-36-61(53-22-12-11-21-52(53)60)45-31-41(56(2,3)4)30-42(32-45)57(5,6)7/h8-35H,36H2,1-7H3. The molecule has 0 saturated heterocycles. The van der Waals surface area contributed by atoms with E-state index in [1.807, 2.05) is 30.5 Å². The molecule has 0 atom stereocenters. The molecule has 0 aliphatic carbocycles. The molecule has 3 heterocycles. The van der Waals surface area contributed by atoms with Crippen LogP contribution in [0, 0.1) is 12.7 Å². The second-order valence-corrected chi connectivity index (χ2v) is 18.8. The van der Waals surface area contributed by atoms with Crippen molar-refractivity contribution in [2.75, 3.05) is 16.5 Å². The van der Waals surface area contributed by atoms with Gasteiger partial charge in [-0.05, 0) is 130 Å². The summed E-state index contributed by atoms with van der Waals surface area (Å²) >= 11 is 0. The van der Waals surface area contributed by atoms with E-state index in [-0.39, 0.29) is 16.6 Å². The first-order valence-electron chi connectivity index (χ1n) is 21.7. The zero-order chi connectivity index (χ0) is 43.6. The predicted octanol–water partition coefficient (Wildman–Crippen LogP) is 15.6. The fourth-order valence-electron chi connectivity index (χ4n) is 8.88. The van der Waals surface area contributed by atoms with Gasteiger partial charge in [-0.3, -0.25) is 4.57 Å². The van der Waals surface area contributed by atoms with Gasteiger partial charge in [0.05, 0.1) is 22.4 Å². The van der Waals surface area contributed by atoms with Crippen molar-refractivity contribution in [1.82, 2.24) is 9.55 Å². The van der Waals surface area contributed by atoms with Crippen LogP contribution in [0.2, 0.25) is 0 Å². The van der Waals surface area contributed by atoms with Crippen LogP contribution in [0.15, 0.2) is 170 Å². The summed E-state index contributed by atoms with van der Waals surface area (Å²) in [5.41, 5.74) is 14.3. The SMILES string of the molecule is Cc1cc(-n2c3ccc(-c4cccc(F)c4)cc3c3ccc(Oc4cccc(N5CN(c6cc(C(C)(C)C)cc(C(C)(C)C)c6)c6ccccc65)c4)cc32)ncc1-c1ccccc1. The molecule has 0 N–H and O–H groups in total. The number of hydrogen-bond donors (Lipinski definition) is 0. The van der Waals surface area contributed by atoms with Crippen molar-refractivity contribution in [3.63, 3.8) is 0 Å². The third kappa shape index (κ3) is 7.50. The summed E-state index contributed by atoms with van der Waals surface area (Å²) in [4.78, 5) is 9.86. The number of halogens is 1. The predicted molar refractivity (Wildman–Crippen MR) is 260 cm³/mol. The van der Waals surface area contributed by atoms with Crippen LogP contribution in [-0.4, -0.2) is 16.2 Å². The molecular formula is C57H51FN4O. The smallest absolute Gasteiger partial charge is 0.137 e. The molecule has 7 aromatic carbocycles. The Hall–Kier alpha value is -7.18. The van der Waals surface area contributed by atoms with Crippen molar-refractivity contribution < 1.29 is 9.13 Å². The lowest BCUT2D eigenvalue weighted by Gasteiger charge is -2.29. The van der Waals surface area contributed by atoms with Crippen LogP contribution >= 0.6 is 0 Å². The van der Waals surface area contributed by atoms with Gasteiger partial charge in [0.25, 0.3) is 0 Å². The molecule has 2 aromatic heterocycles. The molecule has 0 unspecified atom stereocenters. The molecular weight excluding hydrogens is 776 g/mol. The Morgan fingerprint density at radius 1 is 0.524 bits per heavy atom. The molecule has 6 heteroatoms. The van der Waals surface area contributed by atoms with E-state index in [1.54, 1.807) is 12.1 Å². The van der Waals surface area contributed by atoms with E-state index in [9.17, 15) is 4.39 Å². The topological polar surface area (TPSA) is 33.5 Å². The van der Waals surface area contributed by atoms with E-state index in [4.69, 9.17) is 9.72 Å². The van der Waals surface area contributed by atoms with Crippen molar-refractivity contribution in [1.29, 1.82) is 0 Å². The fourth-order valence-corrected chi connectivity index (χ4v) is 8.88. The number of ether oxygens (including phenoxy) is 1. The number of para-hydroxylation sites is 2. The summed E-state index contributed by atoms with van der Waals surface area (Å²) in [5.74, 6) is 2.00. The second kappa shape index (κ2) is 15.3. The highest BCUT2D eigenvalue weighted by Gasteiger charge is 2.30. The second-order valence-electron chi connectivity index (χ2n) is 18.8. The Morgan fingerprint density at radius 3 is 1.87 bits per heavy atom. The maximum Gasteiger partial charge on any atom is 0.137 e. The van der Waals surface area contributed by atoms with Crippen molar-refractivity contribution in [2.24, 2.45) is 0 Å². The van der Waals surface area contributed by atoms with Gasteiger partial charge in [-0.2, -0.15) is 0 Å². The lowest BCUT2D eigenvalue weighted by molar-refractivity contribution is 0.483. The van der Waals surface area contributed by atoms with Crippen LogP contribution in [0.1, 0.15) is 58.2 Å². The summed E-state index contributed by atoms with van der Waals surface area (Å²) in [6.07, 6.45) is 1.97. The van der Waals surface area contributed by atoms with E-state index in [1.165, 1.54) is 28.6 Å². The highest BCUT2D eigenvalue weighted by molar-refractivity contribution is 6.10. The summed E-state index contributed by atoms with van der Waals surface area (Å²) in [6.45, 7) is 16.5. The van der Waals surface area contributed by atoms with E-state index < -0.39 is 0 Å². The minimum atomic E-state index is -0.258. The van der Waals surface area contributed by atoms with E-state index in [2.05, 4.69) is 184 Å². The van der Waals surface area contributed by atoms with Gasteiger partial charge in [-0.1, -0.05) is 114 Å². The number of anilines is 4. The van der Waals surface area contributed by atoms with Crippen molar-refractivity contribution in [3.8, 4) is 39.6 Å². The summed E-state index contributed by atoms with van der Waals surface area (Å²) < 4.78 is 23.4. The van der Waals surface area contributed by atoms with Gasteiger partial charge < -0.3 is 14.5 Å². The quantitative estimate of drug-likeness (QED) is 0.160. The summed E-state index contributed by atoms with van der Waals surface area (Å²) in [7, 11) is 0. The average Bonchev–Trinajstić information content (AvgIpc) is 3.82. The first-order valence-corrected chi connectivity index (χ1v) is 21.7. The highest BCUT2D eigenvalue weighted by atomic mass is 19.1. The van der Waals surface area contributed by atoms with E-state index in [0.29, 0.717) is 12.4 Å². The van der Waals surface area contributed by atoms with Gasteiger partial charge in [-0.15, -0.1) is 0 Å². The minimum Gasteiger partial charge on any atom is -0.457 e. The van der Waals surface area contributed by atoms with Gasteiger partial charge in [0.2, 0.25) is 0 Å². The lowest BCUT2D eigenvalue weighted by atomic mass is 9.80. The molecule has 9 aromatic rings. The molecule has 0 bridgehead atoms. The van der Waals surface area contributed by atoms with E-state index >= 15 is 0 Å². The average molecular weight is 827 g/mol. The van der Waals surface area contributed by atoms with Gasteiger partial charge >= 0.3 is 0 Å². The van der Waals surface area contributed by atoms with Crippen LogP contribution in [0.25, 0.3) is 49.9 Å². The zero-order valence-electron chi connectivity index (χ0n) is 36.9. The number of aromatic nitrogens is 2. The number of pyridine rings is 1. The number of fused-ring (bicyclic) bond motifs is 4. The molecule has 1 aliphatic heterocycles. The molecule has 5 nitrogen and oxygen atoms in total. The fraction of sp³-hybridized carbons (Fsp3) is 0.175. The first kappa shape index (κ1) is 39.9. The molecule has 312 valence electrons. The van der Waals surface area contributed by atoms with Gasteiger partial charge in [-0.25, -0.2) is 9.37 Å². The van der Waals surface area contributed by atoms with Crippen molar-refractivity contribution >= 4 is 44.6 Å². The summed E-state index contributed by atoms with van der Waals surface area (Å²) in [6, 6.07) is 56.0. The van der Waals surface area contributed by atoms with Crippen LogP contribution in [-0.2, 0) is 10.8 Å². The number of benzene rings is 7. The van der Waals surface area contributed by atoms with Crippen molar-refractivity contribution in [3.05, 3.63) is 192 Å². The monoisotopic (exact) mass is 826 g/mol. The molecule has 0 spiro atoms. The molecule has 10 rings (SSSR count). The minimum absolute atomic E-state index is 0.00619. The summed E-state index contributed by atoms with van der Waals surface area (Å²) in [5, 5.41) is 2.10. The zero-order valence-corrected chi connectivity index (χ0v) is 36.9. The van der Waals surface area contributed by atoms with E-state index in [0.717, 1.165) is 72.6 Å². The first-order chi connectivity index (χ1) is 30.3. The Labute approximate surface area is 369 Å². The molecule has 1 aliphatic rings. The van der Waals surface area contributed by atoms with Gasteiger partial charge in [0.1, 0.15) is 29.8 Å². The van der Waals surface area contributed by atoms with Gasteiger partial charge in [0, 0.05) is 46.0 Å². The van der Waals surface area contributed by atoms with Crippen LogP contribution in [0.3, 0.4) is 0 Å². The van der Waals surface area contributed by atoms with Crippen molar-refractivity contribution in [2.45, 2.75) is 59.3 Å². The molecule has 0 saturated carbocycles. The highest BCUT2D eigenvalue weighted by Crippen LogP contribution is 2.47. The maximum atomic E-state index is 14.4. The Morgan fingerprint density at radius 2 is 1.17 bits per heavy atom. The van der Waals surface area contributed by atoms with Crippen LogP contribution < -0.4 is 14.5 Å². The molecule has 0 radical (unpaired) electrons. The van der Waals surface area contributed by atoms with Crippen LogP contribution in [0.4, 0.5) is 27.1 Å². The largest absolute Gasteiger partial charge is 0.457 e.